The average Bonchev–Trinajstić information content (AvgIpc) is 2.38. The molecule has 0 saturated carbocycles. The molecule has 18 heavy (non-hydrogen) atoms. The third-order valence-electron chi connectivity index (χ3n) is 2.48. The monoisotopic (exact) mass is 254 g/mol. The Morgan fingerprint density at radius 2 is 1.78 bits per heavy atom. The van der Waals surface area contributed by atoms with Crippen LogP contribution in [0.15, 0.2) is 42.7 Å². The Morgan fingerprint density at radius 3 is 2.39 bits per heavy atom. The number of nitrogens with zero attached hydrogens (tertiary/aromatic N) is 2. The van der Waals surface area contributed by atoms with Crippen molar-refractivity contribution in [1.82, 2.24) is 10.2 Å². The van der Waals surface area contributed by atoms with Crippen molar-refractivity contribution in [3.05, 3.63) is 59.4 Å². The first-order valence-electron chi connectivity index (χ1n) is 5.11. The van der Waals surface area contributed by atoms with Gasteiger partial charge in [0.15, 0.2) is 0 Å². The highest BCUT2D eigenvalue weighted by Gasteiger charge is 2.34. The fourth-order valence-corrected chi connectivity index (χ4v) is 1.64. The van der Waals surface area contributed by atoms with Crippen LogP contribution in [0.3, 0.4) is 0 Å². The minimum absolute atomic E-state index is 0.196. The van der Waals surface area contributed by atoms with Crippen molar-refractivity contribution in [2.45, 2.75) is 12.3 Å². The van der Waals surface area contributed by atoms with Crippen molar-refractivity contribution in [3.8, 4) is 0 Å². The van der Waals surface area contributed by atoms with Gasteiger partial charge in [-0.2, -0.15) is 23.4 Å². The van der Waals surface area contributed by atoms with Crippen LogP contribution < -0.4 is 0 Å². The van der Waals surface area contributed by atoms with E-state index in [0.29, 0.717) is 0 Å². The average molecular weight is 254 g/mol. The maximum Gasteiger partial charge on any atom is 0.416 e. The van der Waals surface area contributed by atoms with Crippen LogP contribution in [0.4, 0.5) is 13.2 Å². The molecule has 1 N–H and O–H groups in total. The van der Waals surface area contributed by atoms with Crippen molar-refractivity contribution >= 4 is 0 Å². The minimum Gasteiger partial charge on any atom is -0.384 e. The molecule has 0 saturated heterocycles. The number of halogens is 3. The van der Waals surface area contributed by atoms with E-state index in [2.05, 4.69) is 10.2 Å². The molecule has 0 aliphatic carbocycles. The van der Waals surface area contributed by atoms with E-state index >= 15 is 0 Å². The number of benzene rings is 1. The van der Waals surface area contributed by atoms with Crippen molar-refractivity contribution in [1.29, 1.82) is 0 Å². The first kappa shape index (κ1) is 12.5. The van der Waals surface area contributed by atoms with Gasteiger partial charge in [0.05, 0.1) is 11.8 Å². The molecule has 1 heterocycles. The molecule has 2 aromatic rings. The fraction of sp³-hybridized carbons (Fsp3) is 0.167. The predicted octanol–water partition coefficient (Wildman–Crippen LogP) is 2.58. The number of alkyl halides is 3. The summed E-state index contributed by atoms with van der Waals surface area (Å²) >= 11 is 0. The maximum atomic E-state index is 12.8. The van der Waals surface area contributed by atoms with Crippen molar-refractivity contribution in [3.63, 3.8) is 0 Å². The van der Waals surface area contributed by atoms with Crippen LogP contribution in [0.1, 0.15) is 22.8 Å². The zero-order valence-electron chi connectivity index (χ0n) is 9.09. The van der Waals surface area contributed by atoms with Gasteiger partial charge >= 0.3 is 6.18 Å². The summed E-state index contributed by atoms with van der Waals surface area (Å²) in [5.74, 6) is 0. The minimum atomic E-state index is -4.50. The number of aliphatic hydroxyl groups is 1. The molecule has 0 aliphatic rings. The van der Waals surface area contributed by atoms with Crippen LogP contribution in [-0.2, 0) is 6.18 Å². The normalized spacial score (nSPS) is 13.3. The largest absolute Gasteiger partial charge is 0.416 e. The molecule has 0 fully saturated rings. The Hall–Kier alpha value is -1.95. The third-order valence-corrected chi connectivity index (χ3v) is 2.48. The number of hydrogen-bond acceptors (Lipinski definition) is 3. The standard InChI is InChI=1S/C12H9F3N2O/c13-12(14,15)10-4-2-1-3-9(10)11(18)8-5-6-16-17-7-8/h1-7,11,18H. The topological polar surface area (TPSA) is 46.0 Å². The van der Waals surface area contributed by atoms with E-state index in [1.54, 1.807) is 0 Å². The van der Waals surface area contributed by atoms with E-state index in [9.17, 15) is 18.3 Å². The van der Waals surface area contributed by atoms with Gasteiger partial charge in [-0.1, -0.05) is 18.2 Å². The Morgan fingerprint density at radius 1 is 1.06 bits per heavy atom. The lowest BCUT2D eigenvalue weighted by Crippen LogP contribution is -2.12. The summed E-state index contributed by atoms with van der Waals surface area (Å²) in [5.41, 5.74) is -0.783. The molecular weight excluding hydrogens is 245 g/mol. The summed E-state index contributed by atoms with van der Waals surface area (Å²) in [6.45, 7) is 0. The number of aromatic nitrogens is 2. The van der Waals surface area contributed by atoms with Gasteiger partial charge in [-0.25, -0.2) is 0 Å². The van der Waals surface area contributed by atoms with E-state index < -0.39 is 17.8 Å². The first-order valence-corrected chi connectivity index (χ1v) is 5.11. The second kappa shape index (κ2) is 4.73. The van der Waals surface area contributed by atoms with Gasteiger partial charge in [-0.05, 0) is 17.7 Å². The molecule has 0 radical (unpaired) electrons. The van der Waals surface area contributed by atoms with Gasteiger partial charge < -0.3 is 5.11 Å². The van der Waals surface area contributed by atoms with Crippen LogP contribution in [0.5, 0.6) is 0 Å². The quantitative estimate of drug-likeness (QED) is 0.895. The highest BCUT2D eigenvalue weighted by molar-refractivity contribution is 5.36. The van der Waals surface area contributed by atoms with Gasteiger partial charge in [-0.15, -0.1) is 0 Å². The summed E-state index contributed by atoms with van der Waals surface area (Å²) in [5, 5.41) is 17.0. The van der Waals surface area contributed by atoms with Crippen LogP contribution in [0, 0.1) is 0 Å². The zero-order valence-corrected chi connectivity index (χ0v) is 9.09. The lowest BCUT2D eigenvalue weighted by atomic mass is 9.98. The van der Waals surface area contributed by atoms with Gasteiger partial charge in [0.2, 0.25) is 0 Å². The second-order valence-electron chi connectivity index (χ2n) is 3.66. The highest BCUT2D eigenvalue weighted by Crippen LogP contribution is 2.36. The Balaban J connectivity index is 2.46. The molecule has 1 atom stereocenters. The van der Waals surface area contributed by atoms with Crippen LogP contribution in [-0.4, -0.2) is 15.3 Å². The van der Waals surface area contributed by atoms with E-state index in [-0.39, 0.29) is 11.1 Å². The van der Waals surface area contributed by atoms with Crippen LogP contribution in [0.2, 0.25) is 0 Å². The van der Waals surface area contributed by atoms with Crippen molar-refractivity contribution in [2.24, 2.45) is 0 Å². The van der Waals surface area contributed by atoms with Crippen molar-refractivity contribution < 1.29 is 18.3 Å². The number of rotatable bonds is 2. The number of hydrogen-bond donors (Lipinski definition) is 1. The Kier molecular flexibility index (Phi) is 3.29. The third kappa shape index (κ3) is 2.48. The number of aliphatic hydroxyl groups excluding tert-OH is 1. The molecule has 94 valence electrons. The predicted molar refractivity (Wildman–Crippen MR) is 57.5 cm³/mol. The molecular formula is C12H9F3N2O. The summed E-state index contributed by atoms with van der Waals surface area (Å²) in [7, 11) is 0. The molecule has 1 aromatic heterocycles. The molecule has 0 spiro atoms. The smallest absolute Gasteiger partial charge is 0.384 e. The van der Waals surface area contributed by atoms with E-state index in [0.717, 1.165) is 6.07 Å². The molecule has 2 rings (SSSR count). The first-order chi connectivity index (χ1) is 8.50. The molecule has 0 bridgehead atoms. The summed E-state index contributed by atoms with van der Waals surface area (Å²) in [6.07, 6.45) is -3.33. The van der Waals surface area contributed by atoms with Gasteiger partial charge in [0.1, 0.15) is 6.10 Å². The van der Waals surface area contributed by atoms with E-state index in [1.165, 1.54) is 36.7 Å². The van der Waals surface area contributed by atoms with Gasteiger partial charge in [0, 0.05) is 11.8 Å². The molecule has 1 unspecified atom stereocenters. The second-order valence-corrected chi connectivity index (χ2v) is 3.66. The van der Waals surface area contributed by atoms with E-state index in [1.807, 2.05) is 0 Å². The Labute approximate surface area is 101 Å². The highest BCUT2D eigenvalue weighted by atomic mass is 19.4. The Bertz CT molecular complexity index is 528. The maximum absolute atomic E-state index is 12.8. The van der Waals surface area contributed by atoms with Crippen LogP contribution >= 0.6 is 0 Å². The summed E-state index contributed by atoms with van der Waals surface area (Å²) in [4.78, 5) is 0. The lowest BCUT2D eigenvalue weighted by molar-refractivity contribution is -0.139. The van der Waals surface area contributed by atoms with E-state index in [4.69, 9.17) is 0 Å². The lowest BCUT2D eigenvalue weighted by Gasteiger charge is -2.17. The molecule has 0 amide bonds. The van der Waals surface area contributed by atoms with Crippen LogP contribution in [0.25, 0.3) is 0 Å². The van der Waals surface area contributed by atoms with Gasteiger partial charge in [0.25, 0.3) is 0 Å². The summed E-state index contributed by atoms with van der Waals surface area (Å²) in [6, 6.07) is 6.33. The molecule has 6 heteroatoms. The molecule has 3 nitrogen and oxygen atoms in total. The molecule has 1 aromatic carbocycles. The fourth-order valence-electron chi connectivity index (χ4n) is 1.64. The van der Waals surface area contributed by atoms with Gasteiger partial charge in [-0.3, -0.25) is 0 Å². The van der Waals surface area contributed by atoms with Crippen molar-refractivity contribution in [2.75, 3.05) is 0 Å². The summed E-state index contributed by atoms with van der Waals surface area (Å²) < 4.78 is 38.4. The SMILES string of the molecule is OC(c1ccnnc1)c1ccccc1C(F)(F)F. The zero-order chi connectivity index (χ0) is 13.2. The molecule has 0 aliphatic heterocycles.